The Labute approximate surface area is 139 Å². The van der Waals surface area contributed by atoms with Crippen LogP contribution in [0.4, 0.5) is 0 Å². The first-order chi connectivity index (χ1) is 10.6. The van der Waals surface area contributed by atoms with Gasteiger partial charge in [-0.3, -0.25) is 4.98 Å². The Morgan fingerprint density at radius 1 is 1.14 bits per heavy atom. The molecule has 3 rings (SSSR count). The molecule has 3 aromatic rings. The zero-order valence-corrected chi connectivity index (χ0v) is 14.2. The molecule has 22 heavy (non-hydrogen) atoms. The Bertz CT molecular complexity index is 763. The molecule has 2 nitrogen and oxygen atoms in total. The topological polar surface area (TPSA) is 25.8 Å². The first-order valence-corrected chi connectivity index (χ1v) is 8.54. The Balaban J connectivity index is 1.96. The van der Waals surface area contributed by atoms with E-state index >= 15 is 0 Å². The zero-order chi connectivity index (χ0) is 15.5. The molecule has 0 spiro atoms. The molecule has 0 fully saturated rings. The van der Waals surface area contributed by atoms with Crippen molar-refractivity contribution < 1.29 is 0 Å². The van der Waals surface area contributed by atoms with Crippen LogP contribution >= 0.6 is 22.9 Å². The molecule has 2 heterocycles. The van der Waals surface area contributed by atoms with Gasteiger partial charge in [0.25, 0.3) is 0 Å². The molecular weight excluding hydrogens is 312 g/mol. The number of pyridine rings is 1. The van der Waals surface area contributed by atoms with Crippen molar-refractivity contribution in [1.82, 2.24) is 9.97 Å². The molecule has 112 valence electrons. The number of rotatable bonds is 4. The Hall–Kier alpha value is -1.71. The number of aromatic nitrogens is 2. The van der Waals surface area contributed by atoms with E-state index in [-0.39, 0.29) is 0 Å². The van der Waals surface area contributed by atoms with Gasteiger partial charge in [-0.25, -0.2) is 4.98 Å². The van der Waals surface area contributed by atoms with Crippen molar-refractivity contribution in [3.63, 3.8) is 0 Å². The van der Waals surface area contributed by atoms with E-state index in [1.807, 2.05) is 36.7 Å². The third-order valence-corrected chi connectivity index (χ3v) is 4.55. The highest BCUT2D eigenvalue weighted by atomic mass is 35.5. The maximum Gasteiger partial charge on any atom is 0.124 e. The predicted octanol–water partition coefficient (Wildman–Crippen LogP) is 5.72. The predicted molar refractivity (Wildman–Crippen MR) is 94.3 cm³/mol. The second-order valence-corrected chi connectivity index (χ2v) is 6.97. The quantitative estimate of drug-likeness (QED) is 0.611. The van der Waals surface area contributed by atoms with Crippen LogP contribution in [0, 0.1) is 5.92 Å². The van der Waals surface area contributed by atoms with Crippen LogP contribution in [0.3, 0.4) is 0 Å². The molecule has 1 aromatic carbocycles. The first kappa shape index (κ1) is 15.2. The highest BCUT2D eigenvalue weighted by Gasteiger charge is 2.11. The summed E-state index contributed by atoms with van der Waals surface area (Å²) in [6.07, 6.45) is 4.80. The summed E-state index contributed by atoms with van der Waals surface area (Å²) in [4.78, 5) is 9.05. The molecule has 0 aliphatic rings. The van der Waals surface area contributed by atoms with Gasteiger partial charge in [-0.05, 0) is 36.1 Å². The Kier molecular flexibility index (Phi) is 4.55. The lowest BCUT2D eigenvalue weighted by atomic mass is 9.98. The molecule has 0 radical (unpaired) electrons. The molecule has 0 amide bonds. The summed E-state index contributed by atoms with van der Waals surface area (Å²) < 4.78 is 0. The maximum absolute atomic E-state index is 5.94. The van der Waals surface area contributed by atoms with Crippen LogP contribution in [0.15, 0.2) is 48.1 Å². The van der Waals surface area contributed by atoms with Crippen molar-refractivity contribution in [2.24, 2.45) is 5.92 Å². The molecule has 4 heteroatoms. The number of hydrogen-bond donors (Lipinski definition) is 0. The van der Waals surface area contributed by atoms with Crippen LogP contribution < -0.4 is 0 Å². The van der Waals surface area contributed by atoms with Gasteiger partial charge in [-0.15, -0.1) is 11.3 Å². The minimum atomic E-state index is 0.607. The highest BCUT2D eigenvalue weighted by molar-refractivity contribution is 7.13. The summed E-state index contributed by atoms with van der Waals surface area (Å²) in [6.45, 7) is 4.45. The van der Waals surface area contributed by atoms with Gasteiger partial charge in [0.15, 0.2) is 0 Å². The molecule has 0 N–H and O–H groups in total. The summed E-state index contributed by atoms with van der Waals surface area (Å²) in [6, 6.07) is 9.89. The minimum absolute atomic E-state index is 0.607. The van der Waals surface area contributed by atoms with Crippen molar-refractivity contribution in [3.8, 4) is 21.8 Å². The van der Waals surface area contributed by atoms with Crippen LogP contribution in [0.1, 0.15) is 19.4 Å². The maximum atomic E-state index is 5.94. The monoisotopic (exact) mass is 328 g/mol. The Morgan fingerprint density at radius 3 is 2.64 bits per heavy atom. The third kappa shape index (κ3) is 3.37. The third-order valence-electron chi connectivity index (χ3n) is 3.41. The van der Waals surface area contributed by atoms with Crippen LogP contribution in [0.2, 0.25) is 5.02 Å². The minimum Gasteiger partial charge on any atom is -0.264 e. The zero-order valence-electron chi connectivity index (χ0n) is 12.6. The summed E-state index contributed by atoms with van der Waals surface area (Å²) in [5.74, 6) is 0.607. The smallest absolute Gasteiger partial charge is 0.124 e. The van der Waals surface area contributed by atoms with Gasteiger partial charge >= 0.3 is 0 Å². The average Bonchev–Trinajstić information content (AvgIpc) is 2.97. The molecule has 0 saturated heterocycles. The number of nitrogens with zero attached hydrogens (tertiary/aromatic N) is 2. The summed E-state index contributed by atoms with van der Waals surface area (Å²) in [5, 5.41) is 3.85. The van der Waals surface area contributed by atoms with Crippen LogP contribution in [0.5, 0.6) is 0 Å². The fraction of sp³-hybridized carbons (Fsp3) is 0.222. The normalized spacial score (nSPS) is 11.1. The summed E-state index contributed by atoms with van der Waals surface area (Å²) in [7, 11) is 0. The van der Waals surface area contributed by atoms with Crippen molar-refractivity contribution in [2.75, 3.05) is 0 Å². The van der Waals surface area contributed by atoms with E-state index in [0.29, 0.717) is 5.92 Å². The fourth-order valence-corrected chi connectivity index (χ4v) is 3.35. The lowest BCUT2D eigenvalue weighted by molar-refractivity contribution is 0.647. The van der Waals surface area contributed by atoms with Crippen molar-refractivity contribution in [3.05, 3.63) is 58.7 Å². The second-order valence-electron chi connectivity index (χ2n) is 5.68. The van der Waals surface area contributed by atoms with E-state index in [4.69, 9.17) is 16.6 Å². The van der Waals surface area contributed by atoms with Crippen molar-refractivity contribution in [1.29, 1.82) is 0 Å². The van der Waals surface area contributed by atoms with Gasteiger partial charge in [-0.1, -0.05) is 37.6 Å². The second kappa shape index (κ2) is 6.59. The lowest BCUT2D eigenvalue weighted by Gasteiger charge is -2.09. The van der Waals surface area contributed by atoms with E-state index in [9.17, 15) is 0 Å². The van der Waals surface area contributed by atoms with E-state index in [0.717, 1.165) is 33.3 Å². The van der Waals surface area contributed by atoms with E-state index in [2.05, 4.69) is 30.3 Å². The van der Waals surface area contributed by atoms with E-state index in [1.54, 1.807) is 11.3 Å². The summed E-state index contributed by atoms with van der Waals surface area (Å²) in [5.41, 5.74) is 4.53. The van der Waals surface area contributed by atoms with E-state index < -0.39 is 0 Å². The molecule has 0 bridgehead atoms. The molecular formula is C18H17ClN2S. The Morgan fingerprint density at radius 2 is 1.91 bits per heavy atom. The van der Waals surface area contributed by atoms with Gasteiger partial charge in [0, 0.05) is 33.9 Å². The lowest BCUT2D eigenvalue weighted by Crippen LogP contribution is -1.97. The molecule has 0 aliphatic heterocycles. The van der Waals surface area contributed by atoms with Gasteiger partial charge < -0.3 is 0 Å². The number of thiazole rings is 1. The van der Waals surface area contributed by atoms with Crippen molar-refractivity contribution >= 4 is 22.9 Å². The number of halogens is 1. The van der Waals surface area contributed by atoms with Crippen molar-refractivity contribution in [2.45, 2.75) is 20.3 Å². The fourth-order valence-electron chi connectivity index (χ4n) is 2.39. The number of hydrogen-bond acceptors (Lipinski definition) is 3. The SMILES string of the molecule is CC(C)Cc1ccncc1-c1csc(-c2ccc(Cl)cc2)n1. The molecule has 0 saturated carbocycles. The number of benzene rings is 1. The molecule has 0 unspecified atom stereocenters. The molecule has 0 aliphatic carbocycles. The first-order valence-electron chi connectivity index (χ1n) is 7.28. The van der Waals surface area contributed by atoms with Gasteiger partial charge in [0.2, 0.25) is 0 Å². The standard InChI is InChI=1S/C18H17ClN2S/c1-12(2)9-14-7-8-20-10-16(14)17-11-22-18(21-17)13-3-5-15(19)6-4-13/h3-8,10-12H,9H2,1-2H3. The van der Waals surface area contributed by atoms with Gasteiger partial charge in [-0.2, -0.15) is 0 Å². The molecule has 0 atom stereocenters. The van der Waals surface area contributed by atoms with E-state index in [1.165, 1.54) is 5.56 Å². The van der Waals surface area contributed by atoms with Crippen LogP contribution in [-0.2, 0) is 6.42 Å². The summed E-state index contributed by atoms with van der Waals surface area (Å²) >= 11 is 7.59. The van der Waals surface area contributed by atoms with Crippen LogP contribution in [0.25, 0.3) is 21.8 Å². The average molecular weight is 329 g/mol. The largest absolute Gasteiger partial charge is 0.264 e. The van der Waals surface area contributed by atoms with Gasteiger partial charge in [0.05, 0.1) is 5.69 Å². The molecule has 2 aromatic heterocycles. The highest BCUT2D eigenvalue weighted by Crippen LogP contribution is 2.31. The van der Waals surface area contributed by atoms with Crippen LogP contribution in [-0.4, -0.2) is 9.97 Å². The van der Waals surface area contributed by atoms with Gasteiger partial charge in [0.1, 0.15) is 5.01 Å².